The van der Waals surface area contributed by atoms with Gasteiger partial charge in [-0.1, -0.05) is 33.3 Å². The molecule has 0 spiro atoms. The second kappa shape index (κ2) is 10.3. The van der Waals surface area contributed by atoms with Crippen LogP contribution in [-0.4, -0.2) is 28.5 Å². The molecule has 4 aromatic rings. The zero-order chi connectivity index (χ0) is 28.1. The van der Waals surface area contributed by atoms with Crippen LogP contribution in [0.5, 0.6) is 11.5 Å². The number of carbonyl (C=O) groups excluding carboxylic acids is 1. The van der Waals surface area contributed by atoms with Gasteiger partial charge in [0.05, 0.1) is 28.5 Å². The summed E-state index contributed by atoms with van der Waals surface area (Å²) in [6.45, 7) is 7.94. The fourth-order valence-electron chi connectivity index (χ4n) is 5.25. The number of rotatable bonds is 5. The van der Waals surface area contributed by atoms with Crippen molar-refractivity contribution in [1.29, 1.82) is 0 Å². The molecule has 4 heterocycles. The SMILES string of the molecule is CCOC(=O)C1=C(C)N=c2sc(=Cc3cc(C)n(-c4ccc(Br)cc4)c3C)c(=O)n2[C@@H]1c1ccc2c(c1)OCO2. The lowest BCUT2D eigenvalue weighted by molar-refractivity contribution is -0.139. The van der Waals surface area contributed by atoms with E-state index in [4.69, 9.17) is 14.2 Å². The van der Waals surface area contributed by atoms with Gasteiger partial charge in [0.15, 0.2) is 16.3 Å². The van der Waals surface area contributed by atoms with Crippen LogP contribution in [0.3, 0.4) is 0 Å². The van der Waals surface area contributed by atoms with Gasteiger partial charge in [-0.05, 0) is 87.4 Å². The Morgan fingerprint density at radius 1 is 1.12 bits per heavy atom. The minimum absolute atomic E-state index is 0.125. The van der Waals surface area contributed by atoms with Gasteiger partial charge in [-0.15, -0.1) is 0 Å². The third-order valence-electron chi connectivity index (χ3n) is 7.07. The van der Waals surface area contributed by atoms with E-state index >= 15 is 0 Å². The lowest BCUT2D eigenvalue weighted by Crippen LogP contribution is -2.39. The maximum atomic E-state index is 14.0. The van der Waals surface area contributed by atoms with Gasteiger partial charge in [-0.2, -0.15) is 0 Å². The first kappa shape index (κ1) is 26.3. The van der Waals surface area contributed by atoms with Gasteiger partial charge in [0.25, 0.3) is 5.56 Å². The highest BCUT2D eigenvalue weighted by Gasteiger charge is 2.34. The summed E-state index contributed by atoms with van der Waals surface area (Å²) in [7, 11) is 0. The van der Waals surface area contributed by atoms with E-state index in [1.54, 1.807) is 24.5 Å². The van der Waals surface area contributed by atoms with Crippen LogP contribution in [0.4, 0.5) is 0 Å². The van der Waals surface area contributed by atoms with Crippen LogP contribution >= 0.6 is 27.3 Å². The molecule has 2 aromatic heterocycles. The number of carbonyl (C=O) groups is 1. The predicted octanol–water partition coefficient (Wildman–Crippen LogP) is 4.70. The van der Waals surface area contributed by atoms with E-state index < -0.39 is 12.0 Å². The Bertz CT molecular complexity index is 1880. The molecule has 40 heavy (non-hydrogen) atoms. The minimum atomic E-state index is -0.720. The van der Waals surface area contributed by atoms with E-state index in [0.717, 1.165) is 27.1 Å². The first-order chi connectivity index (χ1) is 19.3. The van der Waals surface area contributed by atoms with Crippen LogP contribution in [0.25, 0.3) is 11.8 Å². The molecule has 2 aliphatic rings. The van der Waals surface area contributed by atoms with Crippen molar-refractivity contribution in [3.8, 4) is 17.2 Å². The van der Waals surface area contributed by atoms with Crippen LogP contribution < -0.4 is 24.4 Å². The number of benzene rings is 2. The topological polar surface area (TPSA) is 84.1 Å². The van der Waals surface area contributed by atoms with Gasteiger partial charge in [0.2, 0.25) is 6.79 Å². The molecule has 0 aliphatic carbocycles. The largest absolute Gasteiger partial charge is 0.463 e. The molecule has 2 aliphatic heterocycles. The number of nitrogens with zero attached hydrogens (tertiary/aromatic N) is 3. The molecule has 1 atom stereocenters. The zero-order valence-electron chi connectivity index (χ0n) is 22.4. The van der Waals surface area contributed by atoms with Gasteiger partial charge >= 0.3 is 5.97 Å². The van der Waals surface area contributed by atoms with Gasteiger partial charge in [-0.3, -0.25) is 9.36 Å². The lowest BCUT2D eigenvalue weighted by atomic mass is 9.95. The molecule has 0 saturated heterocycles. The number of aromatic nitrogens is 2. The van der Waals surface area contributed by atoms with Crippen LogP contribution in [-0.2, 0) is 9.53 Å². The number of ether oxygens (including phenoxy) is 3. The Balaban J connectivity index is 1.52. The smallest absolute Gasteiger partial charge is 0.338 e. The maximum Gasteiger partial charge on any atom is 0.338 e. The lowest BCUT2D eigenvalue weighted by Gasteiger charge is -2.24. The molecule has 0 radical (unpaired) electrons. The second-order valence-corrected chi connectivity index (χ2v) is 11.5. The molecular weight excluding hydrogens is 594 g/mol. The number of thiazole rings is 1. The first-order valence-corrected chi connectivity index (χ1v) is 14.4. The number of halogens is 1. The Kier molecular flexibility index (Phi) is 6.75. The Labute approximate surface area is 242 Å². The van der Waals surface area contributed by atoms with Crippen LogP contribution in [0.15, 0.2) is 74.1 Å². The molecule has 8 nitrogen and oxygen atoms in total. The Hall–Kier alpha value is -3.89. The van der Waals surface area contributed by atoms with Crippen molar-refractivity contribution in [3.05, 3.63) is 106 Å². The Morgan fingerprint density at radius 3 is 2.62 bits per heavy atom. The molecule has 2 aromatic carbocycles. The van der Waals surface area contributed by atoms with Crippen LogP contribution in [0.1, 0.15) is 42.4 Å². The molecule has 204 valence electrons. The molecule has 0 amide bonds. The summed E-state index contributed by atoms with van der Waals surface area (Å²) < 4.78 is 21.8. The molecule has 0 N–H and O–H groups in total. The fraction of sp³-hybridized carbons (Fsp3) is 0.233. The third kappa shape index (κ3) is 4.41. The van der Waals surface area contributed by atoms with Crippen LogP contribution in [0, 0.1) is 13.8 Å². The number of fused-ring (bicyclic) bond motifs is 2. The average molecular weight is 621 g/mol. The number of esters is 1. The summed E-state index contributed by atoms with van der Waals surface area (Å²) in [5.74, 6) is 0.687. The predicted molar refractivity (Wildman–Crippen MR) is 156 cm³/mol. The quantitative estimate of drug-likeness (QED) is 0.303. The van der Waals surface area contributed by atoms with Gasteiger partial charge in [0.1, 0.15) is 0 Å². The highest BCUT2D eigenvalue weighted by Crippen LogP contribution is 2.38. The molecule has 0 unspecified atom stereocenters. The van der Waals surface area contributed by atoms with Crippen molar-refractivity contribution in [2.24, 2.45) is 4.99 Å². The maximum absolute atomic E-state index is 14.0. The number of hydrogen-bond acceptors (Lipinski definition) is 7. The van der Waals surface area contributed by atoms with E-state index in [9.17, 15) is 9.59 Å². The van der Waals surface area contributed by atoms with E-state index in [1.807, 2.05) is 56.3 Å². The second-order valence-electron chi connectivity index (χ2n) is 9.55. The zero-order valence-corrected chi connectivity index (χ0v) is 24.8. The standard InChI is InChI=1S/C30H26BrN3O5S/c1-5-37-29(36)26-17(3)32-30-34(27(26)19-6-11-23-24(13-19)39-15-38-23)28(35)25(40-30)14-20-12-16(2)33(18(20)4)22-9-7-21(31)8-10-22/h6-14,27H,5,15H2,1-4H3/t27-/m1/s1. The number of allylic oxidation sites excluding steroid dienone is 1. The van der Waals surface area contributed by atoms with Crippen molar-refractivity contribution in [2.75, 3.05) is 13.4 Å². The van der Waals surface area contributed by atoms with E-state index in [-0.39, 0.29) is 19.0 Å². The summed E-state index contributed by atoms with van der Waals surface area (Å²) in [6, 6.07) is 14.9. The average Bonchev–Trinajstić information content (AvgIpc) is 3.59. The minimum Gasteiger partial charge on any atom is -0.463 e. The summed E-state index contributed by atoms with van der Waals surface area (Å²) in [6.07, 6.45) is 1.90. The molecule has 0 saturated carbocycles. The number of aryl methyl sites for hydroxylation is 1. The van der Waals surface area contributed by atoms with Crippen molar-refractivity contribution >= 4 is 39.3 Å². The monoisotopic (exact) mass is 619 g/mol. The van der Waals surface area contributed by atoms with Crippen molar-refractivity contribution in [1.82, 2.24) is 9.13 Å². The van der Waals surface area contributed by atoms with Gasteiger partial charge in [0, 0.05) is 21.5 Å². The summed E-state index contributed by atoms with van der Waals surface area (Å²) in [5.41, 5.74) is 5.37. The van der Waals surface area contributed by atoms with Crippen molar-refractivity contribution in [2.45, 2.75) is 33.7 Å². The van der Waals surface area contributed by atoms with Crippen LogP contribution in [0.2, 0.25) is 0 Å². The molecule has 0 bridgehead atoms. The van der Waals surface area contributed by atoms with E-state index in [2.05, 4.69) is 31.6 Å². The molecular formula is C30H26BrN3O5S. The number of hydrogen-bond donors (Lipinski definition) is 0. The van der Waals surface area contributed by atoms with Crippen molar-refractivity contribution in [3.63, 3.8) is 0 Å². The third-order valence-corrected chi connectivity index (χ3v) is 8.58. The molecule has 0 fully saturated rings. The first-order valence-electron chi connectivity index (χ1n) is 12.8. The van der Waals surface area contributed by atoms with Gasteiger partial charge < -0.3 is 18.8 Å². The molecule has 6 rings (SSSR count). The van der Waals surface area contributed by atoms with E-state index in [1.165, 1.54) is 11.3 Å². The highest BCUT2D eigenvalue weighted by atomic mass is 79.9. The van der Waals surface area contributed by atoms with Gasteiger partial charge in [-0.25, -0.2) is 9.79 Å². The van der Waals surface area contributed by atoms with Crippen molar-refractivity contribution < 1.29 is 19.0 Å². The highest BCUT2D eigenvalue weighted by molar-refractivity contribution is 9.10. The molecule has 10 heteroatoms. The van der Waals surface area contributed by atoms with E-state index in [0.29, 0.717) is 37.7 Å². The normalized spacial score (nSPS) is 16.2. The fourth-order valence-corrected chi connectivity index (χ4v) is 6.55. The summed E-state index contributed by atoms with van der Waals surface area (Å²) >= 11 is 4.80. The summed E-state index contributed by atoms with van der Waals surface area (Å²) in [4.78, 5) is 32.4. The summed E-state index contributed by atoms with van der Waals surface area (Å²) in [5, 5.41) is 0. The Morgan fingerprint density at radius 2 is 1.88 bits per heavy atom.